The van der Waals surface area contributed by atoms with Gasteiger partial charge in [0.25, 0.3) is 0 Å². The molecule has 0 spiro atoms. The molecule has 41 heavy (non-hydrogen) atoms. The summed E-state index contributed by atoms with van der Waals surface area (Å²) in [6.45, 7) is 1.21. The van der Waals surface area contributed by atoms with Gasteiger partial charge >= 0.3 is 30.1 Å². The number of esters is 1. The number of nitrogens with one attached hydrogen (secondary N) is 1. The topological polar surface area (TPSA) is 53.9 Å². The van der Waals surface area contributed by atoms with Crippen LogP contribution in [-0.2, 0) is 9.53 Å². The molecule has 2 aromatic rings. The minimum atomic E-state index is -6.68. The molecular weight excluding hydrogens is 583 g/mol. The average Bonchev–Trinajstić information content (AvgIpc) is 3.30. The highest BCUT2D eigenvalue weighted by molar-refractivity contribution is 5.99. The molecule has 0 saturated heterocycles. The van der Waals surface area contributed by atoms with Crippen molar-refractivity contribution in [2.24, 2.45) is 5.10 Å². The molecule has 1 unspecified atom stereocenters. The molecule has 0 aromatic heterocycles. The van der Waals surface area contributed by atoms with E-state index in [0.29, 0.717) is 42.2 Å². The minimum Gasteiger partial charge on any atom is -0.427 e. The standard InChI is InChI=1S/C25H18F11N3O2/c26-16-5-6-18(17(27)11-16)39-19(15-3-1-13(2-4-15)14-7-9-37-10-8-14)12-20(38-39)22(24(31,32)33,25(34,35)36)41-21(40)23(28,29)30/h1-7,11,19,37H,8-10,12H2. The molecule has 1 atom stereocenters. The van der Waals surface area contributed by atoms with Crippen LogP contribution >= 0.6 is 0 Å². The number of benzene rings is 2. The number of nitrogens with zero attached hydrogens (tertiary/aromatic N) is 2. The van der Waals surface area contributed by atoms with E-state index in [0.717, 1.165) is 5.57 Å². The fourth-order valence-corrected chi connectivity index (χ4v) is 4.54. The van der Waals surface area contributed by atoms with Gasteiger partial charge in [0, 0.05) is 19.0 Å². The molecule has 16 heteroatoms. The smallest absolute Gasteiger partial charge is 0.427 e. The second kappa shape index (κ2) is 10.6. The van der Waals surface area contributed by atoms with Crippen LogP contribution < -0.4 is 10.3 Å². The van der Waals surface area contributed by atoms with E-state index in [9.17, 15) is 53.1 Å². The second-order valence-corrected chi connectivity index (χ2v) is 9.08. The molecule has 0 amide bonds. The van der Waals surface area contributed by atoms with Gasteiger partial charge in [0.05, 0.1) is 11.7 Å². The van der Waals surface area contributed by atoms with Crippen LogP contribution in [-0.4, -0.2) is 48.9 Å². The first-order valence-electron chi connectivity index (χ1n) is 11.7. The first-order chi connectivity index (χ1) is 19.0. The maximum atomic E-state index is 14.7. The maximum absolute atomic E-state index is 14.7. The number of halogens is 11. The van der Waals surface area contributed by atoms with E-state index in [2.05, 4.69) is 15.2 Å². The molecule has 2 aliphatic rings. The van der Waals surface area contributed by atoms with Crippen molar-refractivity contribution in [1.82, 2.24) is 5.32 Å². The Bertz CT molecular complexity index is 1350. The van der Waals surface area contributed by atoms with Crippen LogP contribution in [0, 0.1) is 11.6 Å². The largest absolute Gasteiger partial charge is 0.490 e. The van der Waals surface area contributed by atoms with Crippen molar-refractivity contribution in [3.8, 4) is 0 Å². The molecular formula is C25H18F11N3O2. The molecule has 222 valence electrons. The third-order valence-electron chi connectivity index (χ3n) is 6.48. The summed E-state index contributed by atoms with van der Waals surface area (Å²) in [6, 6.07) is 5.62. The number of rotatable bonds is 5. The zero-order valence-corrected chi connectivity index (χ0v) is 20.4. The van der Waals surface area contributed by atoms with Crippen LogP contribution in [0.15, 0.2) is 53.6 Å². The van der Waals surface area contributed by atoms with Crippen molar-refractivity contribution >= 4 is 22.9 Å². The Hall–Kier alpha value is -3.69. The highest BCUT2D eigenvalue weighted by Crippen LogP contribution is 2.52. The summed E-state index contributed by atoms with van der Waals surface area (Å²) in [5.41, 5.74) is -7.15. The molecule has 0 fully saturated rings. The Kier molecular flexibility index (Phi) is 7.84. The van der Waals surface area contributed by atoms with Crippen LogP contribution in [0.5, 0.6) is 0 Å². The van der Waals surface area contributed by atoms with Crippen molar-refractivity contribution in [1.29, 1.82) is 0 Å². The monoisotopic (exact) mass is 601 g/mol. The zero-order valence-electron chi connectivity index (χ0n) is 20.4. The first-order valence-corrected chi connectivity index (χ1v) is 11.7. The first kappa shape index (κ1) is 30.3. The number of alkyl halides is 9. The van der Waals surface area contributed by atoms with E-state index < -0.39 is 65.6 Å². The van der Waals surface area contributed by atoms with Crippen LogP contribution in [0.25, 0.3) is 5.57 Å². The number of hydrogen-bond acceptors (Lipinski definition) is 5. The fraction of sp³-hybridized carbons (Fsp3) is 0.360. The third kappa shape index (κ3) is 5.74. The van der Waals surface area contributed by atoms with Crippen molar-refractivity contribution < 1.29 is 57.8 Å². The molecule has 0 aliphatic carbocycles. The van der Waals surface area contributed by atoms with Gasteiger partial charge in [-0.1, -0.05) is 30.3 Å². The summed E-state index contributed by atoms with van der Waals surface area (Å²) in [6.07, 6.45) is -18.5. The summed E-state index contributed by atoms with van der Waals surface area (Å²) in [4.78, 5) is 11.4. The van der Waals surface area contributed by atoms with E-state index in [-0.39, 0.29) is 11.6 Å². The minimum absolute atomic E-state index is 0.00819. The van der Waals surface area contributed by atoms with Gasteiger partial charge in [-0.05, 0) is 41.8 Å². The van der Waals surface area contributed by atoms with Crippen molar-refractivity contribution in [2.75, 3.05) is 18.1 Å². The summed E-state index contributed by atoms with van der Waals surface area (Å²) in [7, 11) is 0. The maximum Gasteiger partial charge on any atom is 0.490 e. The van der Waals surface area contributed by atoms with Gasteiger partial charge in [-0.25, -0.2) is 13.6 Å². The van der Waals surface area contributed by atoms with Gasteiger partial charge in [0.1, 0.15) is 11.5 Å². The lowest BCUT2D eigenvalue weighted by molar-refractivity contribution is -0.348. The quantitative estimate of drug-likeness (QED) is 0.310. The van der Waals surface area contributed by atoms with Gasteiger partial charge in [0.2, 0.25) is 0 Å². The normalized spacial score (nSPS) is 18.7. The number of ether oxygens (including phenoxy) is 1. The molecule has 4 rings (SSSR count). The average molecular weight is 601 g/mol. The number of carbonyl (C=O) groups is 1. The molecule has 1 N–H and O–H groups in total. The van der Waals surface area contributed by atoms with E-state index in [4.69, 9.17) is 0 Å². The molecule has 2 heterocycles. The highest BCUT2D eigenvalue weighted by atomic mass is 19.4. The summed E-state index contributed by atoms with van der Waals surface area (Å²) in [5, 5.41) is 6.69. The van der Waals surface area contributed by atoms with Crippen LogP contribution in [0.2, 0.25) is 0 Å². The molecule has 0 bridgehead atoms. The van der Waals surface area contributed by atoms with Crippen molar-refractivity contribution in [2.45, 2.75) is 43.0 Å². The Morgan fingerprint density at radius 2 is 1.56 bits per heavy atom. The fourth-order valence-electron chi connectivity index (χ4n) is 4.54. The number of anilines is 1. The highest BCUT2D eigenvalue weighted by Gasteiger charge is 2.79. The molecule has 5 nitrogen and oxygen atoms in total. The number of hydrazone groups is 1. The zero-order chi connectivity index (χ0) is 30.4. The van der Waals surface area contributed by atoms with E-state index in [1.165, 1.54) is 24.3 Å². The van der Waals surface area contributed by atoms with E-state index >= 15 is 0 Å². The van der Waals surface area contributed by atoms with Gasteiger partial charge < -0.3 is 10.1 Å². The van der Waals surface area contributed by atoms with E-state index in [1.54, 1.807) is 0 Å². The van der Waals surface area contributed by atoms with Crippen molar-refractivity contribution in [3.05, 3.63) is 71.3 Å². The van der Waals surface area contributed by atoms with Gasteiger partial charge in [0.15, 0.2) is 5.82 Å². The molecule has 2 aliphatic heterocycles. The van der Waals surface area contributed by atoms with Crippen LogP contribution in [0.4, 0.5) is 54.0 Å². The lowest BCUT2D eigenvalue weighted by Gasteiger charge is -2.36. The second-order valence-electron chi connectivity index (χ2n) is 9.08. The third-order valence-corrected chi connectivity index (χ3v) is 6.48. The summed E-state index contributed by atoms with van der Waals surface area (Å²) < 4.78 is 155. The predicted octanol–water partition coefficient (Wildman–Crippen LogP) is 6.62. The van der Waals surface area contributed by atoms with Crippen LogP contribution in [0.1, 0.15) is 30.0 Å². The van der Waals surface area contributed by atoms with Gasteiger partial charge in [-0.2, -0.15) is 44.6 Å². The lowest BCUT2D eigenvalue weighted by Crippen LogP contribution is -2.65. The summed E-state index contributed by atoms with van der Waals surface area (Å²) >= 11 is 0. The van der Waals surface area contributed by atoms with Gasteiger partial charge in [-0.3, -0.25) is 5.01 Å². The van der Waals surface area contributed by atoms with Gasteiger partial charge in [-0.15, -0.1) is 0 Å². The number of carbonyl (C=O) groups excluding carboxylic acids is 1. The molecule has 2 aromatic carbocycles. The van der Waals surface area contributed by atoms with Crippen LogP contribution in [0.3, 0.4) is 0 Å². The summed E-state index contributed by atoms with van der Waals surface area (Å²) in [5.74, 6) is -6.34. The van der Waals surface area contributed by atoms with E-state index in [1.807, 2.05) is 6.08 Å². The van der Waals surface area contributed by atoms with Crippen molar-refractivity contribution in [3.63, 3.8) is 0 Å². The number of hydrogen-bond donors (Lipinski definition) is 1. The Morgan fingerprint density at radius 1 is 0.927 bits per heavy atom. The molecule has 0 radical (unpaired) electrons. The molecule has 0 saturated carbocycles. The Morgan fingerprint density at radius 3 is 2.07 bits per heavy atom. The Balaban J connectivity index is 1.86. The SMILES string of the molecule is O=C(OC(C1=NN(c2ccc(F)cc2F)C(c2ccc(C3=CCNCC3)cc2)C1)(C(F)(F)F)C(F)(F)F)C(F)(F)F. The predicted molar refractivity (Wildman–Crippen MR) is 123 cm³/mol. The Labute approximate surface area is 224 Å². The lowest BCUT2D eigenvalue weighted by atomic mass is 9.88.